The second kappa shape index (κ2) is 10.9. The maximum atomic E-state index is 12.8. The topological polar surface area (TPSA) is 103 Å². The van der Waals surface area contributed by atoms with E-state index in [1.807, 2.05) is 30.3 Å². The second-order valence-electron chi connectivity index (χ2n) is 6.63. The summed E-state index contributed by atoms with van der Waals surface area (Å²) in [6, 6.07) is 20.8. The van der Waals surface area contributed by atoms with Crippen molar-refractivity contribution < 1.29 is 19.2 Å². The van der Waals surface area contributed by atoms with Gasteiger partial charge in [0.1, 0.15) is 11.5 Å². The molecule has 0 heterocycles. The van der Waals surface area contributed by atoms with Crippen LogP contribution < -0.4 is 20.1 Å². The summed E-state index contributed by atoms with van der Waals surface area (Å²) < 4.78 is 11.0. The third-order valence-electron chi connectivity index (χ3n) is 4.49. The number of methoxy groups -OCH3 is 1. The largest absolute Gasteiger partial charge is 0.494 e. The summed E-state index contributed by atoms with van der Waals surface area (Å²) in [5.41, 5.74) is 1.73. The monoisotopic (exact) mass is 451 g/mol. The lowest BCUT2D eigenvalue weighted by atomic mass is 10.1. The number of para-hydroxylation sites is 1. The molecule has 0 fully saturated rings. The molecule has 0 atom stereocenters. The minimum atomic E-state index is -0.527. The van der Waals surface area contributed by atoms with Crippen molar-refractivity contribution in [3.63, 3.8) is 0 Å². The number of nitrogens with one attached hydrogen (secondary N) is 2. The molecular formula is C23H21N3O5S. The fourth-order valence-corrected chi connectivity index (χ4v) is 3.13. The average Bonchev–Trinajstić information content (AvgIpc) is 2.80. The molecule has 2 N–H and O–H groups in total. The van der Waals surface area contributed by atoms with Crippen molar-refractivity contribution in [3.8, 4) is 11.5 Å². The molecule has 0 unspecified atom stereocenters. The lowest BCUT2D eigenvalue weighted by Crippen LogP contribution is -2.34. The zero-order valence-electron chi connectivity index (χ0n) is 17.2. The van der Waals surface area contributed by atoms with Gasteiger partial charge in [-0.25, -0.2) is 0 Å². The molecule has 8 nitrogen and oxygen atoms in total. The van der Waals surface area contributed by atoms with Crippen molar-refractivity contribution in [1.82, 2.24) is 5.32 Å². The van der Waals surface area contributed by atoms with Crippen LogP contribution in [0, 0.1) is 10.1 Å². The molecule has 0 aliphatic carbocycles. The number of rotatable bonds is 8. The molecule has 0 aliphatic heterocycles. The zero-order chi connectivity index (χ0) is 22.9. The van der Waals surface area contributed by atoms with E-state index >= 15 is 0 Å². The van der Waals surface area contributed by atoms with Crippen LogP contribution in [-0.2, 0) is 6.42 Å². The maximum absolute atomic E-state index is 12.8. The van der Waals surface area contributed by atoms with Crippen LogP contribution in [0.1, 0.15) is 15.9 Å². The Bertz CT molecular complexity index is 1120. The molecule has 3 rings (SSSR count). The van der Waals surface area contributed by atoms with Crippen LogP contribution in [-0.4, -0.2) is 29.7 Å². The van der Waals surface area contributed by atoms with Crippen LogP contribution in [0.3, 0.4) is 0 Å². The number of carbonyl (C=O) groups excluding carboxylic acids is 1. The van der Waals surface area contributed by atoms with Crippen LogP contribution >= 0.6 is 12.2 Å². The van der Waals surface area contributed by atoms with E-state index in [9.17, 15) is 14.9 Å². The summed E-state index contributed by atoms with van der Waals surface area (Å²) in [5.74, 6) is 0.218. The first-order valence-corrected chi connectivity index (χ1v) is 10.1. The van der Waals surface area contributed by atoms with E-state index in [4.69, 9.17) is 21.7 Å². The van der Waals surface area contributed by atoms with E-state index < -0.39 is 10.8 Å². The van der Waals surface area contributed by atoms with Gasteiger partial charge in [-0.1, -0.05) is 42.5 Å². The molecule has 0 aliphatic rings. The number of benzene rings is 3. The number of amides is 1. The van der Waals surface area contributed by atoms with E-state index in [0.717, 1.165) is 5.56 Å². The fourth-order valence-electron chi connectivity index (χ4n) is 2.92. The third-order valence-corrected chi connectivity index (χ3v) is 4.70. The molecule has 3 aromatic carbocycles. The Morgan fingerprint density at radius 2 is 1.75 bits per heavy atom. The summed E-state index contributed by atoms with van der Waals surface area (Å²) in [6.45, 7) is 0.414. The van der Waals surface area contributed by atoms with E-state index in [0.29, 0.717) is 30.0 Å². The minimum absolute atomic E-state index is 0.0150. The Kier molecular flexibility index (Phi) is 7.71. The van der Waals surface area contributed by atoms with Gasteiger partial charge in [0.25, 0.3) is 11.6 Å². The van der Waals surface area contributed by atoms with Gasteiger partial charge in [0.15, 0.2) is 5.11 Å². The maximum Gasteiger partial charge on any atom is 0.273 e. The second-order valence-corrected chi connectivity index (χ2v) is 7.04. The first-order chi connectivity index (χ1) is 15.5. The number of thiocarbonyl (C=S) groups is 1. The fraction of sp³-hybridized carbons (Fsp3) is 0.130. The number of carbonyl (C=O) groups is 1. The van der Waals surface area contributed by atoms with Crippen molar-refractivity contribution in [2.45, 2.75) is 6.42 Å². The van der Waals surface area contributed by atoms with Gasteiger partial charge in [-0.2, -0.15) is 0 Å². The Morgan fingerprint density at radius 1 is 1.03 bits per heavy atom. The lowest BCUT2D eigenvalue weighted by molar-refractivity contribution is -0.384. The van der Waals surface area contributed by atoms with Gasteiger partial charge in [-0.15, -0.1) is 0 Å². The molecule has 3 aromatic rings. The Hall–Kier alpha value is -3.98. The summed E-state index contributed by atoms with van der Waals surface area (Å²) in [7, 11) is 1.38. The number of hydrogen-bond acceptors (Lipinski definition) is 6. The summed E-state index contributed by atoms with van der Waals surface area (Å²) in [5, 5.41) is 16.4. The molecule has 164 valence electrons. The van der Waals surface area contributed by atoms with E-state index in [2.05, 4.69) is 10.6 Å². The first-order valence-electron chi connectivity index (χ1n) is 9.68. The molecule has 32 heavy (non-hydrogen) atoms. The number of nitro benzene ring substituents is 1. The molecule has 0 saturated carbocycles. The predicted octanol–water partition coefficient (Wildman–Crippen LogP) is 4.35. The van der Waals surface area contributed by atoms with Crippen LogP contribution in [0.15, 0.2) is 72.8 Å². The molecule has 0 aromatic heterocycles. The Morgan fingerprint density at radius 3 is 2.47 bits per heavy atom. The quantitative estimate of drug-likeness (QED) is 0.298. The SMILES string of the molecule is COc1cc([N+](=O)[O-])ccc1NC(=S)NC(=O)c1ccccc1OCCc1ccccc1. The van der Waals surface area contributed by atoms with E-state index in [1.165, 1.54) is 25.3 Å². The van der Waals surface area contributed by atoms with E-state index in [-0.39, 0.29) is 16.5 Å². The van der Waals surface area contributed by atoms with Gasteiger partial charge in [-0.3, -0.25) is 20.2 Å². The molecule has 1 amide bonds. The number of ether oxygens (including phenoxy) is 2. The van der Waals surface area contributed by atoms with Crippen LogP contribution in [0.25, 0.3) is 0 Å². The van der Waals surface area contributed by atoms with Gasteiger partial charge < -0.3 is 14.8 Å². The van der Waals surface area contributed by atoms with Crippen molar-refractivity contribution in [3.05, 3.63) is 94.0 Å². The zero-order valence-corrected chi connectivity index (χ0v) is 18.1. The van der Waals surface area contributed by atoms with Crippen molar-refractivity contribution in [2.24, 2.45) is 0 Å². The van der Waals surface area contributed by atoms with Crippen LogP contribution in [0.2, 0.25) is 0 Å². The molecular weight excluding hydrogens is 430 g/mol. The number of nitrogens with zero attached hydrogens (tertiary/aromatic N) is 1. The molecule has 0 spiro atoms. The average molecular weight is 452 g/mol. The lowest BCUT2D eigenvalue weighted by Gasteiger charge is -2.14. The highest BCUT2D eigenvalue weighted by molar-refractivity contribution is 7.80. The van der Waals surface area contributed by atoms with Crippen molar-refractivity contribution in [2.75, 3.05) is 19.0 Å². The summed E-state index contributed by atoms with van der Waals surface area (Å²) in [4.78, 5) is 23.2. The van der Waals surface area contributed by atoms with Crippen LogP contribution in [0.5, 0.6) is 11.5 Å². The molecule has 0 radical (unpaired) electrons. The van der Waals surface area contributed by atoms with Crippen molar-refractivity contribution >= 4 is 34.6 Å². The predicted molar refractivity (Wildman–Crippen MR) is 125 cm³/mol. The highest BCUT2D eigenvalue weighted by atomic mass is 32.1. The smallest absolute Gasteiger partial charge is 0.273 e. The van der Waals surface area contributed by atoms with Gasteiger partial charge in [0, 0.05) is 12.5 Å². The number of non-ortho nitro benzene ring substituents is 1. The number of nitro groups is 1. The summed E-state index contributed by atoms with van der Waals surface area (Å²) in [6.07, 6.45) is 0.705. The number of hydrogen-bond donors (Lipinski definition) is 2. The molecule has 0 saturated heterocycles. The third kappa shape index (κ3) is 6.02. The standard InChI is InChI=1S/C23H21N3O5S/c1-30-21-15-17(26(28)29)11-12-19(21)24-23(32)25-22(27)18-9-5-6-10-20(18)31-14-13-16-7-3-2-4-8-16/h2-12,15H,13-14H2,1H3,(H2,24,25,27,32). The summed E-state index contributed by atoms with van der Waals surface area (Å²) >= 11 is 5.23. The van der Waals surface area contributed by atoms with Gasteiger partial charge in [0.2, 0.25) is 0 Å². The Balaban J connectivity index is 1.63. The highest BCUT2D eigenvalue weighted by Crippen LogP contribution is 2.29. The highest BCUT2D eigenvalue weighted by Gasteiger charge is 2.16. The number of anilines is 1. The van der Waals surface area contributed by atoms with E-state index in [1.54, 1.807) is 24.3 Å². The van der Waals surface area contributed by atoms with Crippen molar-refractivity contribution in [1.29, 1.82) is 0 Å². The molecule has 9 heteroatoms. The van der Waals surface area contributed by atoms with Crippen LogP contribution in [0.4, 0.5) is 11.4 Å². The minimum Gasteiger partial charge on any atom is -0.494 e. The normalized spacial score (nSPS) is 10.2. The Labute approximate surface area is 190 Å². The molecule has 0 bridgehead atoms. The first kappa shape index (κ1) is 22.7. The van der Waals surface area contributed by atoms with Gasteiger partial charge >= 0.3 is 0 Å². The van der Waals surface area contributed by atoms with Gasteiger partial charge in [-0.05, 0) is 36.0 Å². The van der Waals surface area contributed by atoms with Gasteiger partial charge in [0.05, 0.1) is 36.0 Å².